The maximum absolute atomic E-state index is 14.3. The zero-order valence-electron chi connectivity index (χ0n) is 24.1. The van der Waals surface area contributed by atoms with Crippen LogP contribution in [0.15, 0.2) is 72.8 Å². The Labute approximate surface area is 242 Å². The number of carbonyl (C=O) groups is 3. The lowest BCUT2D eigenvalue weighted by molar-refractivity contribution is -0.151. The third-order valence-electron chi connectivity index (χ3n) is 9.09. The molecule has 3 aromatic carbocycles. The van der Waals surface area contributed by atoms with Gasteiger partial charge in [-0.3, -0.25) is 19.7 Å². The van der Waals surface area contributed by atoms with Crippen LogP contribution in [-0.2, 0) is 27.2 Å². The van der Waals surface area contributed by atoms with E-state index in [1.54, 1.807) is 0 Å². The molecule has 2 aliphatic heterocycles. The summed E-state index contributed by atoms with van der Waals surface area (Å²) >= 11 is 0. The average molecular weight is 551 g/mol. The zero-order chi connectivity index (χ0) is 29.3. The van der Waals surface area contributed by atoms with Gasteiger partial charge in [-0.05, 0) is 46.6 Å². The molecule has 6 nitrogen and oxygen atoms in total. The third-order valence-corrected chi connectivity index (χ3v) is 9.09. The summed E-state index contributed by atoms with van der Waals surface area (Å²) < 4.78 is 0. The third kappa shape index (κ3) is 4.70. The van der Waals surface area contributed by atoms with E-state index in [1.807, 2.05) is 113 Å². The van der Waals surface area contributed by atoms with Gasteiger partial charge in [-0.2, -0.15) is 0 Å². The lowest BCUT2D eigenvalue weighted by Gasteiger charge is -2.36. The number of para-hydroxylation sites is 1. The summed E-state index contributed by atoms with van der Waals surface area (Å²) in [6, 6.07) is 23.0. The molecule has 2 N–H and O–H groups in total. The first kappa shape index (κ1) is 28.5. The van der Waals surface area contributed by atoms with Crippen LogP contribution in [0.3, 0.4) is 0 Å². The topological polar surface area (TPSA) is 86.7 Å². The standard InChI is InChI=1S/C35H38N2O4/c1-5-22(4)35(34(40)41)29-28(32(38)37(33(29)39)31-25(6-2)14-11-15-26(31)7-3)30(36-35)27-20-18-24(19-21-27)17-16-23-12-9-8-10-13-23/h8-22,28-30,36H,5-7H2,1-4H3,(H,40,41). The largest absolute Gasteiger partial charge is 0.480 e. The Hall–Kier alpha value is -4.03. The van der Waals surface area contributed by atoms with Gasteiger partial charge in [0, 0.05) is 6.04 Å². The van der Waals surface area contributed by atoms with E-state index < -0.39 is 35.3 Å². The van der Waals surface area contributed by atoms with E-state index in [2.05, 4.69) is 5.32 Å². The fraction of sp³-hybridized carbons (Fsp3) is 0.343. The average Bonchev–Trinajstić information content (AvgIpc) is 3.49. The Morgan fingerprint density at radius 2 is 1.46 bits per heavy atom. The number of nitrogens with zero attached hydrogens (tertiary/aromatic N) is 1. The smallest absolute Gasteiger partial charge is 0.325 e. The second-order valence-electron chi connectivity index (χ2n) is 11.2. The highest BCUT2D eigenvalue weighted by Crippen LogP contribution is 2.53. The van der Waals surface area contributed by atoms with Crippen molar-refractivity contribution in [3.05, 3.63) is 101 Å². The molecule has 2 aliphatic rings. The highest BCUT2D eigenvalue weighted by Gasteiger charge is 2.70. The quantitative estimate of drug-likeness (QED) is 0.241. The molecular weight excluding hydrogens is 512 g/mol. The molecule has 5 rings (SSSR count). The number of nitrogens with one attached hydrogen (secondary N) is 1. The number of hydrogen-bond acceptors (Lipinski definition) is 4. The molecule has 3 aromatic rings. The molecule has 2 heterocycles. The minimum absolute atomic E-state index is 0.326. The Morgan fingerprint density at radius 1 is 0.878 bits per heavy atom. The molecule has 0 aliphatic carbocycles. The molecule has 0 aromatic heterocycles. The van der Waals surface area contributed by atoms with E-state index >= 15 is 0 Å². The van der Waals surface area contributed by atoms with E-state index in [-0.39, 0.29) is 11.8 Å². The molecule has 2 fully saturated rings. The van der Waals surface area contributed by atoms with Crippen LogP contribution in [0.1, 0.15) is 68.0 Å². The summed E-state index contributed by atoms with van der Waals surface area (Å²) in [6.45, 7) is 7.79. The number of carbonyl (C=O) groups excluding carboxylic acids is 2. The molecule has 0 bridgehead atoms. The van der Waals surface area contributed by atoms with Crippen molar-refractivity contribution < 1.29 is 19.5 Å². The molecule has 2 saturated heterocycles. The SMILES string of the molecule is CCc1cccc(CC)c1N1C(=O)C2C(c3ccc(C=Cc4ccccc4)cc3)NC(C(=O)O)(C(C)CC)C2C1=O. The van der Waals surface area contributed by atoms with E-state index in [0.29, 0.717) is 24.9 Å². The summed E-state index contributed by atoms with van der Waals surface area (Å²) in [5.41, 5.74) is 3.76. The van der Waals surface area contributed by atoms with Crippen molar-refractivity contribution in [1.82, 2.24) is 5.32 Å². The number of anilines is 1. The number of amides is 2. The van der Waals surface area contributed by atoms with Gasteiger partial charge in [-0.25, -0.2) is 4.90 Å². The summed E-state index contributed by atoms with van der Waals surface area (Å²) in [7, 11) is 0. The lowest BCUT2D eigenvalue weighted by atomic mass is 9.72. The van der Waals surface area contributed by atoms with Gasteiger partial charge in [0.2, 0.25) is 11.8 Å². The van der Waals surface area contributed by atoms with E-state index in [9.17, 15) is 19.5 Å². The van der Waals surface area contributed by atoms with Crippen LogP contribution < -0.4 is 10.2 Å². The number of aryl methyl sites for hydroxylation is 2. The fourth-order valence-electron chi connectivity index (χ4n) is 6.70. The first-order valence-electron chi connectivity index (χ1n) is 14.6. The van der Waals surface area contributed by atoms with Gasteiger partial charge in [-0.1, -0.05) is 119 Å². The minimum Gasteiger partial charge on any atom is -0.480 e. The number of imide groups is 1. The second-order valence-corrected chi connectivity index (χ2v) is 11.2. The lowest BCUT2D eigenvalue weighted by Crippen LogP contribution is -2.59. The van der Waals surface area contributed by atoms with Crippen molar-refractivity contribution >= 4 is 35.6 Å². The van der Waals surface area contributed by atoms with Crippen LogP contribution in [0.25, 0.3) is 12.2 Å². The summed E-state index contributed by atoms with van der Waals surface area (Å²) in [6.07, 6.45) is 5.91. The highest BCUT2D eigenvalue weighted by atomic mass is 16.4. The molecule has 2 amide bonds. The molecule has 5 atom stereocenters. The first-order chi connectivity index (χ1) is 19.8. The molecule has 0 spiro atoms. The number of carboxylic acid groups (broad SMARTS) is 1. The number of hydrogen-bond donors (Lipinski definition) is 2. The van der Waals surface area contributed by atoms with Crippen molar-refractivity contribution in [3.8, 4) is 0 Å². The van der Waals surface area contributed by atoms with Gasteiger partial charge in [0.1, 0.15) is 5.54 Å². The van der Waals surface area contributed by atoms with E-state index in [0.717, 1.165) is 27.8 Å². The fourth-order valence-corrected chi connectivity index (χ4v) is 6.70. The van der Waals surface area contributed by atoms with Crippen molar-refractivity contribution in [3.63, 3.8) is 0 Å². The van der Waals surface area contributed by atoms with Crippen molar-refractivity contribution in [1.29, 1.82) is 0 Å². The highest BCUT2D eigenvalue weighted by molar-refractivity contribution is 6.25. The Bertz CT molecular complexity index is 1460. The number of carboxylic acids is 1. The molecule has 5 unspecified atom stereocenters. The van der Waals surface area contributed by atoms with Gasteiger partial charge < -0.3 is 5.11 Å². The van der Waals surface area contributed by atoms with E-state index in [1.165, 1.54) is 4.90 Å². The van der Waals surface area contributed by atoms with Crippen LogP contribution in [0.5, 0.6) is 0 Å². The maximum Gasteiger partial charge on any atom is 0.325 e. The number of aliphatic carboxylic acids is 1. The molecule has 0 radical (unpaired) electrons. The van der Waals surface area contributed by atoms with Crippen molar-refractivity contribution in [2.24, 2.45) is 17.8 Å². The van der Waals surface area contributed by atoms with Crippen LogP contribution in [0.4, 0.5) is 5.69 Å². The predicted molar refractivity (Wildman–Crippen MR) is 162 cm³/mol. The number of rotatable bonds is 9. The minimum atomic E-state index is -1.56. The van der Waals surface area contributed by atoms with Gasteiger partial charge >= 0.3 is 5.97 Å². The Balaban J connectivity index is 1.59. The summed E-state index contributed by atoms with van der Waals surface area (Å²) in [5, 5.41) is 14.1. The molecular formula is C35H38N2O4. The van der Waals surface area contributed by atoms with Gasteiger partial charge in [-0.15, -0.1) is 0 Å². The number of fused-ring (bicyclic) bond motifs is 1. The van der Waals surface area contributed by atoms with Crippen LogP contribution in [0, 0.1) is 17.8 Å². The monoisotopic (exact) mass is 550 g/mol. The van der Waals surface area contributed by atoms with Crippen molar-refractivity contribution in [2.75, 3.05) is 4.90 Å². The predicted octanol–water partition coefficient (Wildman–Crippen LogP) is 6.30. The number of benzene rings is 3. The maximum atomic E-state index is 14.3. The van der Waals surface area contributed by atoms with Crippen LogP contribution >= 0.6 is 0 Å². The summed E-state index contributed by atoms with van der Waals surface area (Å²) in [5.74, 6) is -4.06. The molecule has 6 heteroatoms. The van der Waals surface area contributed by atoms with Gasteiger partial charge in [0.15, 0.2) is 0 Å². The molecule has 41 heavy (non-hydrogen) atoms. The molecule has 0 saturated carbocycles. The molecule has 212 valence electrons. The van der Waals surface area contributed by atoms with Crippen molar-refractivity contribution in [2.45, 2.75) is 58.5 Å². The van der Waals surface area contributed by atoms with Gasteiger partial charge in [0.25, 0.3) is 0 Å². The zero-order valence-corrected chi connectivity index (χ0v) is 24.1. The van der Waals surface area contributed by atoms with Crippen LogP contribution in [-0.4, -0.2) is 28.4 Å². The van der Waals surface area contributed by atoms with E-state index in [4.69, 9.17) is 0 Å². The first-order valence-corrected chi connectivity index (χ1v) is 14.6. The summed E-state index contributed by atoms with van der Waals surface area (Å²) in [4.78, 5) is 43.1. The Kier molecular flexibility index (Phi) is 7.96. The Morgan fingerprint density at radius 3 is 2.00 bits per heavy atom. The van der Waals surface area contributed by atoms with Gasteiger partial charge in [0.05, 0.1) is 17.5 Å². The second kappa shape index (κ2) is 11.5. The normalized spacial score (nSPS) is 24.7. The van der Waals surface area contributed by atoms with Crippen LogP contribution in [0.2, 0.25) is 0 Å².